The summed E-state index contributed by atoms with van der Waals surface area (Å²) in [6.07, 6.45) is 5.04. The zero-order chi connectivity index (χ0) is 17.9. The minimum absolute atomic E-state index is 0.169. The van der Waals surface area contributed by atoms with Crippen molar-refractivity contribution >= 4 is 16.9 Å². The van der Waals surface area contributed by atoms with Gasteiger partial charge in [0.05, 0.1) is 5.39 Å². The second-order valence-corrected chi connectivity index (χ2v) is 5.72. The van der Waals surface area contributed by atoms with E-state index in [1.165, 1.54) is 6.20 Å². The molecule has 26 heavy (non-hydrogen) atoms. The number of benzene rings is 1. The van der Waals surface area contributed by atoms with Gasteiger partial charge in [0, 0.05) is 25.1 Å². The SMILES string of the molecule is O=c1nc(NCc2ccc(-c3ccncc3)cc2)c2cccnc2n1O. The number of fused-ring (bicyclic) bond motifs is 1. The number of nitrogens with zero attached hydrogens (tertiary/aromatic N) is 4. The highest BCUT2D eigenvalue weighted by Gasteiger charge is 2.10. The summed E-state index contributed by atoms with van der Waals surface area (Å²) in [5, 5.41) is 13.5. The third-order valence-electron chi connectivity index (χ3n) is 4.06. The molecule has 0 saturated carbocycles. The number of nitrogens with one attached hydrogen (secondary N) is 1. The van der Waals surface area contributed by atoms with Crippen molar-refractivity contribution in [3.63, 3.8) is 0 Å². The van der Waals surface area contributed by atoms with Crippen molar-refractivity contribution in [3.8, 4) is 11.1 Å². The van der Waals surface area contributed by atoms with Gasteiger partial charge in [0.25, 0.3) is 0 Å². The molecule has 0 fully saturated rings. The molecule has 7 nitrogen and oxygen atoms in total. The van der Waals surface area contributed by atoms with Gasteiger partial charge in [-0.15, -0.1) is 4.73 Å². The highest BCUT2D eigenvalue weighted by Crippen LogP contribution is 2.20. The van der Waals surface area contributed by atoms with Crippen LogP contribution in [-0.4, -0.2) is 24.9 Å². The molecule has 0 aliphatic carbocycles. The maximum absolute atomic E-state index is 11.8. The van der Waals surface area contributed by atoms with Gasteiger partial charge in [-0.2, -0.15) is 4.98 Å². The molecular weight excluding hydrogens is 330 g/mol. The number of hydrogen-bond acceptors (Lipinski definition) is 6. The zero-order valence-corrected chi connectivity index (χ0v) is 13.7. The van der Waals surface area contributed by atoms with E-state index in [2.05, 4.69) is 20.3 Å². The van der Waals surface area contributed by atoms with Crippen molar-refractivity contribution < 1.29 is 5.21 Å². The summed E-state index contributed by atoms with van der Waals surface area (Å²) in [4.78, 5) is 23.7. The number of hydrogen-bond donors (Lipinski definition) is 2. The topological polar surface area (TPSA) is 92.9 Å². The lowest BCUT2D eigenvalue weighted by Crippen LogP contribution is -2.23. The van der Waals surface area contributed by atoms with Crippen LogP contribution < -0.4 is 11.0 Å². The van der Waals surface area contributed by atoms with Crippen LogP contribution in [0.25, 0.3) is 22.2 Å². The maximum Gasteiger partial charge on any atom is 0.384 e. The van der Waals surface area contributed by atoms with Crippen LogP contribution in [0.4, 0.5) is 5.82 Å². The molecule has 1 aromatic carbocycles. The largest absolute Gasteiger partial charge is 0.422 e. The zero-order valence-electron chi connectivity index (χ0n) is 13.7. The summed E-state index contributed by atoms with van der Waals surface area (Å²) in [5.74, 6) is 0.390. The van der Waals surface area contributed by atoms with Crippen LogP contribution >= 0.6 is 0 Å². The summed E-state index contributed by atoms with van der Waals surface area (Å²) in [6, 6.07) is 15.5. The van der Waals surface area contributed by atoms with E-state index in [0.29, 0.717) is 22.5 Å². The lowest BCUT2D eigenvalue weighted by Gasteiger charge is -2.10. The smallest absolute Gasteiger partial charge is 0.384 e. The second-order valence-electron chi connectivity index (χ2n) is 5.72. The van der Waals surface area contributed by atoms with Gasteiger partial charge in [-0.25, -0.2) is 9.78 Å². The van der Waals surface area contributed by atoms with Crippen molar-refractivity contribution in [2.75, 3.05) is 5.32 Å². The molecule has 7 heteroatoms. The van der Waals surface area contributed by atoms with E-state index in [9.17, 15) is 10.0 Å². The van der Waals surface area contributed by atoms with E-state index >= 15 is 0 Å². The normalized spacial score (nSPS) is 10.8. The fourth-order valence-electron chi connectivity index (χ4n) is 2.72. The van der Waals surface area contributed by atoms with E-state index in [1.54, 1.807) is 24.5 Å². The molecule has 2 N–H and O–H groups in total. The van der Waals surface area contributed by atoms with Crippen LogP contribution in [0.1, 0.15) is 5.56 Å². The average Bonchev–Trinajstić information content (AvgIpc) is 2.71. The van der Waals surface area contributed by atoms with Crippen LogP contribution in [-0.2, 0) is 6.54 Å². The Morgan fingerprint density at radius 1 is 0.962 bits per heavy atom. The van der Waals surface area contributed by atoms with Crippen LogP contribution in [0.3, 0.4) is 0 Å². The van der Waals surface area contributed by atoms with Crippen LogP contribution in [0.2, 0.25) is 0 Å². The molecule has 0 bridgehead atoms. The first-order chi connectivity index (χ1) is 12.7. The van der Waals surface area contributed by atoms with Gasteiger partial charge in [-0.05, 0) is 41.0 Å². The van der Waals surface area contributed by atoms with Crippen molar-refractivity contribution in [2.24, 2.45) is 0 Å². The number of rotatable bonds is 4. The second kappa shape index (κ2) is 6.64. The minimum Gasteiger partial charge on any atom is -0.422 e. The third kappa shape index (κ3) is 2.98. The van der Waals surface area contributed by atoms with Gasteiger partial charge in [0.2, 0.25) is 0 Å². The Labute approximate surface area is 148 Å². The first-order valence-corrected chi connectivity index (χ1v) is 8.02. The molecule has 0 aliphatic heterocycles. The van der Waals surface area contributed by atoms with Crippen LogP contribution in [0.15, 0.2) is 71.9 Å². The molecule has 0 saturated heterocycles. The van der Waals surface area contributed by atoms with Crippen molar-refractivity contribution in [2.45, 2.75) is 6.54 Å². The summed E-state index contributed by atoms with van der Waals surface area (Å²) >= 11 is 0. The summed E-state index contributed by atoms with van der Waals surface area (Å²) in [7, 11) is 0. The molecule has 0 radical (unpaired) electrons. The summed E-state index contributed by atoms with van der Waals surface area (Å²) in [6.45, 7) is 0.489. The van der Waals surface area contributed by atoms with Gasteiger partial charge in [0.15, 0.2) is 5.65 Å². The Morgan fingerprint density at radius 2 is 1.69 bits per heavy atom. The average molecular weight is 345 g/mol. The molecule has 4 rings (SSSR count). The van der Waals surface area contributed by atoms with Gasteiger partial charge in [-0.1, -0.05) is 24.3 Å². The van der Waals surface area contributed by atoms with Gasteiger partial charge < -0.3 is 10.5 Å². The Bertz CT molecular complexity index is 1110. The molecule has 0 atom stereocenters. The van der Waals surface area contributed by atoms with Gasteiger partial charge in [-0.3, -0.25) is 4.98 Å². The number of aromatic nitrogens is 4. The molecule has 3 aromatic heterocycles. The standard InChI is InChI=1S/C19H15N5O2/c25-19-23-17(16-2-1-9-21-18(16)24(19)26)22-12-13-3-5-14(6-4-13)15-7-10-20-11-8-15/h1-11,26H,12H2,(H,22,23,25). The first kappa shape index (κ1) is 15.8. The Hall–Kier alpha value is -3.74. The predicted molar refractivity (Wildman–Crippen MR) is 98.0 cm³/mol. The fraction of sp³-hybridized carbons (Fsp3) is 0.0526. The lowest BCUT2D eigenvalue weighted by atomic mass is 10.1. The molecule has 0 unspecified atom stereocenters. The Balaban J connectivity index is 1.57. The molecule has 0 spiro atoms. The van der Waals surface area contributed by atoms with Crippen molar-refractivity contribution in [1.82, 2.24) is 19.7 Å². The quantitative estimate of drug-likeness (QED) is 0.553. The molecule has 4 aromatic rings. The first-order valence-electron chi connectivity index (χ1n) is 8.02. The van der Waals surface area contributed by atoms with Gasteiger partial charge >= 0.3 is 5.69 Å². The maximum atomic E-state index is 11.8. The third-order valence-corrected chi connectivity index (χ3v) is 4.06. The van der Waals surface area contributed by atoms with Crippen LogP contribution in [0, 0.1) is 0 Å². The molecule has 128 valence electrons. The Kier molecular flexibility index (Phi) is 4.03. The van der Waals surface area contributed by atoms with E-state index < -0.39 is 5.69 Å². The molecule has 0 amide bonds. The van der Waals surface area contributed by atoms with Crippen LogP contribution in [0.5, 0.6) is 0 Å². The number of anilines is 1. The van der Waals surface area contributed by atoms with E-state index in [4.69, 9.17) is 0 Å². The summed E-state index contributed by atoms with van der Waals surface area (Å²) in [5.41, 5.74) is 2.64. The van der Waals surface area contributed by atoms with Crippen molar-refractivity contribution in [1.29, 1.82) is 0 Å². The number of pyridine rings is 2. The highest BCUT2D eigenvalue weighted by atomic mass is 16.5. The van der Waals surface area contributed by atoms with Gasteiger partial charge in [0.1, 0.15) is 5.82 Å². The molecular formula is C19H15N5O2. The monoisotopic (exact) mass is 345 g/mol. The minimum atomic E-state index is -0.772. The Morgan fingerprint density at radius 3 is 2.46 bits per heavy atom. The highest BCUT2D eigenvalue weighted by molar-refractivity contribution is 5.86. The van der Waals surface area contributed by atoms with E-state index in [-0.39, 0.29) is 5.65 Å². The summed E-state index contributed by atoms with van der Waals surface area (Å²) < 4.78 is 0.448. The lowest BCUT2D eigenvalue weighted by molar-refractivity contribution is 0.182. The molecule has 3 heterocycles. The van der Waals surface area contributed by atoms with Crippen molar-refractivity contribution in [3.05, 3.63) is 83.2 Å². The molecule has 0 aliphatic rings. The predicted octanol–water partition coefficient (Wildman–Crippen LogP) is 2.70. The fourth-order valence-corrected chi connectivity index (χ4v) is 2.72. The van der Waals surface area contributed by atoms with E-state index in [0.717, 1.165) is 16.7 Å². The van der Waals surface area contributed by atoms with E-state index in [1.807, 2.05) is 36.4 Å².